The molecule has 0 aromatic carbocycles. The van der Waals surface area contributed by atoms with Crippen molar-refractivity contribution < 1.29 is 9.90 Å². The number of carbonyl (C=O) groups is 1. The van der Waals surface area contributed by atoms with Crippen molar-refractivity contribution in [3.63, 3.8) is 0 Å². The van der Waals surface area contributed by atoms with E-state index in [1.807, 2.05) is 0 Å². The Kier molecular flexibility index (Phi) is 4.71. The normalized spacial score (nSPS) is 10.3. The molecule has 15 heavy (non-hydrogen) atoms. The fourth-order valence-corrected chi connectivity index (χ4v) is 2.19. The maximum Gasteiger partial charge on any atom is 0.265 e. The Labute approximate surface area is 93.6 Å². The van der Waals surface area contributed by atoms with E-state index in [0.717, 1.165) is 17.8 Å². The highest BCUT2D eigenvalue weighted by molar-refractivity contribution is 7.13. The van der Waals surface area contributed by atoms with E-state index in [4.69, 9.17) is 5.11 Å². The van der Waals surface area contributed by atoms with Crippen LogP contribution in [-0.2, 0) is 6.42 Å². The van der Waals surface area contributed by atoms with Gasteiger partial charge in [-0.1, -0.05) is 6.92 Å². The Balaban J connectivity index is 2.65. The largest absolute Gasteiger partial charge is 0.395 e. The van der Waals surface area contributed by atoms with Crippen LogP contribution >= 0.6 is 11.3 Å². The first-order valence-corrected chi connectivity index (χ1v) is 5.81. The number of aromatic nitrogens is 1. The number of aliphatic hydroxyl groups is 1. The minimum Gasteiger partial charge on any atom is -0.395 e. The Morgan fingerprint density at radius 2 is 2.40 bits per heavy atom. The molecular weight excluding hydrogens is 212 g/mol. The molecule has 0 atom stereocenters. The first kappa shape index (κ1) is 12.1. The Hall–Kier alpha value is -0.940. The van der Waals surface area contributed by atoms with Gasteiger partial charge in [-0.15, -0.1) is 11.3 Å². The van der Waals surface area contributed by atoms with Gasteiger partial charge >= 0.3 is 0 Å². The molecule has 1 aromatic rings. The number of hydrogen-bond donors (Lipinski definition) is 1. The summed E-state index contributed by atoms with van der Waals surface area (Å²) >= 11 is 1.44. The van der Waals surface area contributed by atoms with E-state index in [2.05, 4.69) is 11.9 Å². The molecule has 1 amide bonds. The number of rotatable bonds is 5. The summed E-state index contributed by atoms with van der Waals surface area (Å²) in [6, 6.07) is 0. The molecule has 0 spiro atoms. The summed E-state index contributed by atoms with van der Waals surface area (Å²) in [5.74, 6) is -0.0658. The van der Waals surface area contributed by atoms with Gasteiger partial charge in [-0.2, -0.15) is 0 Å². The lowest BCUT2D eigenvalue weighted by Gasteiger charge is -2.13. The summed E-state index contributed by atoms with van der Waals surface area (Å²) in [4.78, 5) is 18.1. The summed E-state index contributed by atoms with van der Waals surface area (Å²) < 4.78 is 0. The molecule has 0 saturated heterocycles. The second-order valence-electron chi connectivity index (χ2n) is 3.32. The number of likely N-dealkylation sites (N-methyl/N-ethyl adjacent to an activating group) is 1. The SMILES string of the molecule is CCCc1ncc(C(=O)N(C)CCO)s1. The third kappa shape index (κ3) is 3.28. The highest BCUT2D eigenvalue weighted by Gasteiger charge is 2.14. The number of carbonyl (C=O) groups excluding carboxylic acids is 1. The van der Waals surface area contributed by atoms with Crippen molar-refractivity contribution in [2.75, 3.05) is 20.2 Å². The number of nitrogens with zero attached hydrogens (tertiary/aromatic N) is 2. The van der Waals surface area contributed by atoms with Crippen molar-refractivity contribution >= 4 is 17.2 Å². The van der Waals surface area contributed by atoms with Gasteiger partial charge in [0.1, 0.15) is 4.88 Å². The lowest BCUT2D eigenvalue weighted by atomic mass is 10.4. The van der Waals surface area contributed by atoms with Crippen LogP contribution in [0.2, 0.25) is 0 Å². The number of amides is 1. The molecule has 0 aliphatic carbocycles. The molecule has 5 heteroatoms. The van der Waals surface area contributed by atoms with Crippen LogP contribution in [0.5, 0.6) is 0 Å². The van der Waals surface area contributed by atoms with Crippen LogP contribution < -0.4 is 0 Å². The topological polar surface area (TPSA) is 53.4 Å². The van der Waals surface area contributed by atoms with E-state index >= 15 is 0 Å². The van der Waals surface area contributed by atoms with Crippen molar-refractivity contribution in [1.29, 1.82) is 0 Å². The minimum atomic E-state index is -0.0658. The lowest BCUT2D eigenvalue weighted by Crippen LogP contribution is -2.28. The molecule has 0 aliphatic rings. The summed E-state index contributed by atoms with van der Waals surface area (Å²) in [6.45, 7) is 2.43. The van der Waals surface area contributed by atoms with Gasteiger partial charge < -0.3 is 10.0 Å². The zero-order valence-electron chi connectivity index (χ0n) is 9.06. The molecule has 0 unspecified atom stereocenters. The average molecular weight is 228 g/mol. The highest BCUT2D eigenvalue weighted by atomic mass is 32.1. The molecule has 84 valence electrons. The van der Waals surface area contributed by atoms with Gasteiger partial charge in [0.25, 0.3) is 5.91 Å². The fraction of sp³-hybridized carbons (Fsp3) is 0.600. The van der Waals surface area contributed by atoms with Crippen LogP contribution in [0.15, 0.2) is 6.20 Å². The Morgan fingerprint density at radius 1 is 1.67 bits per heavy atom. The molecule has 1 rings (SSSR count). The first-order valence-electron chi connectivity index (χ1n) is 5.00. The minimum absolute atomic E-state index is 0.0111. The Morgan fingerprint density at radius 3 is 3.00 bits per heavy atom. The van der Waals surface area contributed by atoms with Crippen LogP contribution in [0.1, 0.15) is 28.0 Å². The van der Waals surface area contributed by atoms with Crippen molar-refractivity contribution in [2.24, 2.45) is 0 Å². The molecule has 1 aromatic heterocycles. The summed E-state index contributed by atoms with van der Waals surface area (Å²) in [6.07, 6.45) is 3.57. The average Bonchev–Trinajstić information content (AvgIpc) is 2.66. The van der Waals surface area contributed by atoms with Crippen LogP contribution in [0, 0.1) is 0 Å². The maximum absolute atomic E-state index is 11.7. The second-order valence-corrected chi connectivity index (χ2v) is 4.43. The number of aliphatic hydroxyl groups excluding tert-OH is 1. The van der Waals surface area contributed by atoms with Gasteiger partial charge in [0.15, 0.2) is 0 Å². The van der Waals surface area contributed by atoms with Crippen LogP contribution in [-0.4, -0.2) is 41.1 Å². The van der Waals surface area contributed by atoms with E-state index in [0.29, 0.717) is 11.4 Å². The van der Waals surface area contributed by atoms with Crippen LogP contribution in [0.25, 0.3) is 0 Å². The van der Waals surface area contributed by atoms with Crippen LogP contribution in [0.3, 0.4) is 0 Å². The first-order chi connectivity index (χ1) is 7.19. The second kappa shape index (κ2) is 5.82. The standard InChI is InChI=1S/C10H16N2O2S/c1-3-4-9-11-7-8(15-9)10(14)12(2)5-6-13/h7,13H,3-6H2,1-2H3. The monoisotopic (exact) mass is 228 g/mol. The smallest absolute Gasteiger partial charge is 0.265 e. The number of hydrogen-bond acceptors (Lipinski definition) is 4. The zero-order chi connectivity index (χ0) is 11.3. The third-order valence-electron chi connectivity index (χ3n) is 2.01. The van der Waals surface area contributed by atoms with E-state index in [1.54, 1.807) is 13.2 Å². The molecule has 0 saturated carbocycles. The number of aryl methyl sites for hydroxylation is 1. The van der Waals surface area contributed by atoms with Gasteiger partial charge in [0.05, 0.1) is 17.8 Å². The van der Waals surface area contributed by atoms with Crippen molar-refractivity contribution in [3.05, 3.63) is 16.1 Å². The van der Waals surface area contributed by atoms with Crippen molar-refractivity contribution in [3.8, 4) is 0 Å². The van der Waals surface area contributed by atoms with Gasteiger partial charge in [-0.25, -0.2) is 4.98 Å². The molecule has 1 N–H and O–H groups in total. The van der Waals surface area contributed by atoms with Gasteiger partial charge in [0, 0.05) is 13.6 Å². The van der Waals surface area contributed by atoms with Gasteiger partial charge in [0.2, 0.25) is 0 Å². The summed E-state index contributed by atoms with van der Waals surface area (Å²) in [5, 5.41) is 9.71. The van der Waals surface area contributed by atoms with Crippen molar-refractivity contribution in [2.45, 2.75) is 19.8 Å². The lowest BCUT2D eigenvalue weighted by molar-refractivity contribution is 0.0771. The van der Waals surface area contributed by atoms with Gasteiger partial charge in [-0.3, -0.25) is 4.79 Å². The highest BCUT2D eigenvalue weighted by Crippen LogP contribution is 2.15. The van der Waals surface area contributed by atoms with E-state index < -0.39 is 0 Å². The quantitative estimate of drug-likeness (QED) is 0.822. The Bertz CT molecular complexity index is 325. The van der Waals surface area contributed by atoms with E-state index in [1.165, 1.54) is 16.2 Å². The number of thiazole rings is 1. The van der Waals surface area contributed by atoms with Gasteiger partial charge in [-0.05, 0) is 12.8 Å². The molecule has 0 aliphatic heterocycles. The predicted octanol–water partition coefficient (Wildman–Crippen LogP) is 1.16. The zero-order valence-corrected chi connectivity index (χ0v) is 9.88. The molecule has 0 bridgehead atoms. The molecule has 1 heterocycles. The molecule has 0 radical (unpaired) electrons. The van der Waals surface area contributed by atoms with Crippen LogP contribution in [0.4, 0.5) is 0 Å². The van der Waals surface area contributed by atoms with Crippen molar-refractivity contribution in [1.82, 2.24) is 9.88 Å². The predicted molar refractivity (Wildman–Crippen MR) is 60.2 cm³/mol. The molecule has 0 fully saturated rings. The third-order valence-corrected chi connectivity index (χ3v) is 3.06. The van der Waals surface area contributed by atoms with E-state index in [9.17, 15) is 4.79 Å². The van der Waals surface area contributed by atoms with E-state index in [-0.39, 0.29) is 12.5 Å². The molecular formula is C10H16N2O2S. The fourth-order valence-electron chi connectivity index (χ4n) is 1.18. The molecule has 4 nitrogen and oxygen atoms in total. The maximum atomic E-state index is 11.7. The summed E-state index contributed by atoms with van der Waals surface area (Å²) in [7, 11) is 1.68. The summed E-state index contributed by atoms with van der Waals surface area (Å²) in [5.41, 5.74) is 0.